The van der Waals surface area contributed by atoms with Crippen LogP contribution in [0, 0.1) is 0 Å². The van der Waals surface area contributed by atoms with Crippen molar-refractivity contribution in [3.63, 3.8) is 0 Å². The highest BCUT2D eigenvalue weighted by Gasteiger charge is 2.06. The van der Waals surface area contributed by atoms with Crippen LogP contribution in [-0.4, -0.2) is 25.7 Å². The minimum absolute atomic E-state index is 0.271. The summed E-state index contributed by atoms with van der Waals surface area (Å²) >= 11 is -2.25. The van der Waals surface area contributed by atoms with Crippen LogP contribution < -0.4 is 9.46 Å². The monoisotopic (exact) mass is 316 g/mol. The van der Waals surface area contributed by atoms with E-state index in [-0.39, 0.29) is 6.54 Å². The van der Waals surface area contributed by atoms with Gasteiger partial charge in [0, 0.05) is 23.2 Å². The summed E-state index contributed by atoms with van der Waals surface area (Å²) in [6, 6.07) is 13.3. The number of nitrogens with zero attached hydrogens (tertiary/aromatic N) is 2. The Labute approximate surface area is 130 Å². The first-order chi connectivity index (χ1) is 10.7. The summed E-state index contributed by atoms with van der Waals surface area (Å²) in [6.07, 6.45) is 1.79. The lowest BCUT2D eigenvalue weighted by molar-refractivity contribution is 0.415. The van der Waals surface area contributed by atoms with Crippen molar-refractivity contribution in [2.75, 3.05) is 7.11 Å². The van der Waals surface area contributed by atoms with Crippen LogP contribution >= 0.6 is 0 Å². The molecule has 22 heavy (non-hydrogen) atoms. The first kappa shape index (κ1) is 14.7. The van der Waals surface area contributed by atoms with E-state index < -0.39 is 11.3 Å². The van der Waals surface area contributed by atoms with E-state index in [1.165, 1.54) is 0 Å². The van der Waals surface area contributed by atoms with Crippen molar-refractivity contribution < 1.29 is 13.5 Å². The Hall–Kier alpha value is -2.22. The Kier molecular flexibility index (Phi) is 4.19. The van der Waals surface area contributed by atoms with Crippen LogP contribution in [0.2, 0.25) is 0 Å². The first-order valence-electron chi connectivity index (χ1n) is 6.61. The summed E-state index contributed by atoms with van der Waals surface area (Å²) in [7, 11) is 1.63. The molecule has 1 aromatic heterocycles. The average Bonchev–Trinajstić information content (AvgIpc) is 2.96. The Morgan fingerprint density at radius 3 is 2.73 bits per heavy atom. The van der Waals surface area contributed by atoms with E-state index in [1.54, 1.807) is 13.3 Å². The van der Waals surface area contributed by atoms with Crippen LogP contribution in [0.5, 0.6) is 5.75 Å². The third kappa shape index (κ3) is 3.01. The Bertz CT molecular complexity index is 815. The van der Waals surface area contributed by atoms with E-state index in [0.717, 1.165) is 27.9 Å². The number of hydrogen-bond acceptors (Lipinski definition) is 4. The fourth-order valence-corrected chi connectivity index (χ4v) is 2.53. The highest BCUT2D eigenvalue weighted by Crippen LogP contribution is 2.23. The highest BCUT2D eigenvalue weighted by molar-refractivity contribution is 7.77. The standard InChI is InChI=1S/C15H15N3O3S/c1-21-14-6-7-15-12(8-14)10-16-18(15)13-4-2-11(3-5-13)9-17-22(19)20/h2-8,10,17H,9H2,1H3,(H,19,20)/p-1. The smallest absolute Gasteiger partial charge is 0.119 e. The van der Waals surface area contributed by atoms with Gasteiger partial charge in [0.1, 0.15) is 5.75 Å². The second-order valence-corrected chi connectivity index (χ2v) is 5.46. The zero-order valence-corrected chi connectivity index (χ0v) is 12.7. The van der Waals surface area contributed by atoms with Gasteiger partial charge in [-0.05, 0) is 35.9 Å². The van der Waals surface area contributed by atoms with E-state index in [2.05, 4.69) is 9.82 Å². The number of rotatable bonds is 5. The molecule has 2 aromatic carbocycles. The lowest BCUT2D eigenvalue weighted by atomic mass is 10.2. The van der Waals surface area contributed by atoms with Gasteiger partial charge in [-0.3, -0.25) is 4.21 Å². The lowest BCUT2D eigenvalue weighted by Gasteiger charge is -2.08. The van der Waals surface area contributed by atoms with Crippen molar-refractivity contribution in [3.8, 4) is 11.4 Å². The molecule has 6 nitrogen and oxygen atoms in total. The minimum atomic E-state index is -2.25. The van der Waals surface area contributed by atoms with E-state index in [9.17, 15) is 8.76 Å². The van der Waals surface area contributed by atoms with Crippen LogP contribution in [0.15, 0.2) is 48.7 Å². The van der Waals surface area contributed by atoms with Crippen LogP contribution in [-0.2, 0) is 17.8 Å². The van der Waals surface area contributed by atoms with Gasteiger partial charge < -0.3 is 9.29 Å². The van der Waals surface area contributed by atoms with Crippen LogP contribution in [0.1, 0.15) is 5.56 Å². The maximum absolute atomic E-state index is 10.5. The predicted molar refractivity (Wildman–Crippen MR) is 83.4 cm³/mol. The number of nitrogens with one attached hydrogen (secondary N) is 1. The Morgan fingerprint density at radius 2 is 2.05 bits per heavy atom. The summed E-state index contributed by atoms with van der Waals surface area (Å²) in [5, 5.41) is 5.38. The number of benzene rings is 2. The Balaban J connectivity index is 1.89. The molecule has 7 heteroatoms. The third-order valence-corrected chi connectivity index (χ3v) is 3.73. The summed E-state index contributed by atoms with van der Waals surface area (Å²) < 4.78 is 30.4. The normalized spacial score (nSPS) is 12.5. The molecule has 0 radical (unpaired) electrons. The van der Waals surface area contributed by atoms with Crippen molar-refractivity contribution in [2.24, 2.45) is 0 Å². The van der Waals surface area contributed by atoms with Gasteiger partial charge in [-0.15, -0.1) is 0 Å². The van der Waals surface area contributed by atoms with Crippen LogP contribution in [0.3, 0.4) is 0 Å². The number of methoxy groups -OCH3 is 1. The second kappa shape index (κ2) is 6.27. The zero-order chi connectivity index (χ0) is 15.5. The molecule has 1 heterocycles. The van der Waals surface area contributed by atoms with Gasteiger partial charge in [-0.25, -0.2) is 9.40 Å². The van der Waals surface area contributed by atoms with Gasteiger partial charge in [0.15, 0.2) is 0 Å². The molecule has 0 aliphatic heterocycles. The lowest BCUT2D eigenvalue weighted by Crippen LogP contribution is -2.15. The topological polar surface area (TPSA) is 79.2 Å². The van der Waals surface area contributed by atoms with Crippen LogP contribution in [0.25, 0.3) is 16.6 Å². The third-order valence-electron chi connectivity index (χ3n) is 3.35. The maximum atomic E-state index is 10.5. The molecule has 0 spiro atoms. The summed E-state index contributed by atoms with van der Waals surface area (Å²) in [5.74, 6) is 0.791. The maximum Gasteiger partial charge on any atom is 0.119 e. The molecule has 3 rings (SSSR count). The molecule has 0 amide bonds. The average molecular weight is 316 g/mol. The molecule has 0 fully saturated rings. The Morgan fingerprint density at radius 1 is 1.27 bits per heavy atom. The fraction of sp³-hybridized carbons (Fsp3) is 0.133. The molecule has 114 valence electrons. The first-order valence-corrected chi connectivity index (χ1v) is 7.69. The van der Waals surface area contributed by atoms with Gasteiger partial charge in [-0.1, -0.05) is 12.1 Å². The van der Waals surface area contributed by atoms with Gasteiger partial charge in [0.2, 0.25) is 0 Å². The van der Waals surface area contributed by atoms with Gasteiger partial charge >= 0.3 is 0 Å². The van der Waals surface area contributed by atoms with E-state index >= 15 is 0 Å². The highest BCUT2D eigenvalue weighted by atomic mass is 32.2. The molecular weight excluding hydrogens is 302 g/mol. The number of aromatic nitrogens is 2. The van der Waals surface area contributed by atoms with Crippen LogP contribution in [0.4, 0.5) is 0 Å². The molecule has 0 bridgehead atoms. The largest absolute Gasteiger partial charge is 0.760 e. The SMILES string of the molecule is COc1ccc2c(cnn2-c2ccc(CNS(=O)[O-])cc2)c1. The number of fused-ring (bicyclic) bond motifs is 1. The molecule has 3 aromatic rings. The fourth-order valence-electron chi connectivity index (χ4n) is 2.24. The van der Waals surface area contributed by atoms with E-state index in [4.69, 9.17) is 4.74 Å². The summed E-state index contributed by atoms with van der Waals surface area (Å²) in [5.41, 5.74) is 2.77. The van der Waals surface area contributed by atoms with E-state index in [0.29, 0.717) is 0 Å². The second-order valence-electron chi connectivity index (χ2n) is 4.70. The van der Waals surface area contributed by atoms with Crippen molar-refractivity contribution in [2.45, 2.75) is 6.54 Å². The molecule has 1 N–H and O–H groups in total. The van der Waals surface area contributed by atoms with Crippen molar-refractivity contribution in [3.05, 3.63) is 54.2 Å². The predicted octanol–water partition coefficient (Wildman–Crippen LogP) is 1.92. The van der Waals surface area contributed by atoms with Gasteiger partial charge in [-0.2, -0.15) is 5.10 Å². The molecular formula is C15H14N3O3S-. The summed E-state index contributed by atoms with van der Waals surface area (Å²) in [4.78, 5) is 0. The van der Waals surface area contributed by atoms with Gasteiger partial charge in [0.25, 0.3) is 0 Å². The van der Waals surface area contributed by atoms with Gasteiger partial charge in [0.05, 0.1) is 24.5 Å². The molecule has 0 saturated carbocycles. The minimum Gasteiger partial charge on any atom is -0.760 e. The molecule has 0 aliphatic rings. The van der Waals surface area contributed by atoms with Crippen molar-refractivity contribution in [1.82, 2.24) is 14.5 Å². The number of hydrogen-bond donors (Lipinski definition) is 1. The summed E-state index contributed by atoms with van der Waals surface area (Å²) in [6.45, 7) is 0.271. The molecule has 1 unspecified atom stereocenters. The molecule has 0 aliphatic carbocycles. The molecule has 1 atom stereocenters. The van der Waals surface area contributed by atoms with Crippen molar-refractivity contribution in [1.29, 1.82) is 0 Å². The quantitative estimate of drug-likeness (QED) is 0.729. The molecule has 0 saturated heterocycles. The number of ether oxygens (including phenoxy) is 1. The van der Waals surface area contributed by atoms with E-state index in [1.807, 2.05) is 47.1 Å². The van der Waals surface area contributed by atoms with Crippen molar-refractivity contribution >= 4 is 22.2 Å². The zero-order valence-electron chi connectivity index (χ0n) is 11.9.